The van der Waals surface area contributed by atoms with Crippen molar-refractivity contribution in [1.82, 2.24) is 0 Å². The minimum atomic E-state index is -1.06. The molecular weight excluding hydrogens is 206 g/mol. The maximum Gasteiger partial charge on any atom is 0.271 e. The summed E-state index contributed by atoms with van der Waals surface area (Å²) >= 11 is 0. The van der Waals surface area contributed by atoms with Gasteiger partial charge in [-0.25, -0.2) is 0 Å². The summed E-state index contributed by atoms with van der Waals surface area (Å²) in [7, 11) is 3.03. The molecule has 4 nitrogen and oxygen atoms in total. The highest BCUT2D eigenvalue weighted by Crippen LogP contribution is 2.33. The van der Waals surface area contributed by atoms with E-state index in [-0.39, 0.29) is 0 Å². The van der Waals surface area contributed by atoms with Crippen LogP contribution in [0.1, 0.15) is 5.56 Å². The summed E-state index contributed by atoms with van der Waals surface area (Å²) in [6.07, 6.45) is 2.43. The van der Waals surface area contributed by atoms with Gasteiger partial charge in [-0.1, -0.05) is 18.2 Å². The van der Waals surface area contributed by atoms with Gasteiger partial charge in [-0.2, -0.15) is 0 Å². The Morgan fingerprint density at radius 3 is 2.56 bits per heavy atom. The van der Waals surface area contributed by atoms with Crippen molar-refractivity contribution in [3.8, 4) is 0 Å². The molecule has 0 amide bonds. The van der Waals surface area contributed by atoms with Gasteiger partial charge >= 0.3 is 0 Å². The molecule has 0 aliphatic carbocycles. The minimum absolute atomic E-state index is 0.554. The van der Waals surface area contributed by atoms with Crippen molar-refractivity contribution in [2.45, 2.75) is 5.91 Å². The van der Waals surface area contributed by atoms with Crippen molar-refractivity contribution < 1.29 is 14.3 Å². The molecule has 2 rings (SSSR count). The van der Waals surface area contributed by atoms with Crippen molar-refractivity contribution in [2.75, 3.05) is 19.5 Å². The maximum absolute atomic E-state index is 11.0. The molecule has 0 atom stereocenters. The van der Waals surface area contributed by atoms with E-state index in [0.717, 1.165) is 17.5 Å². The first-order valence-corrected chi connectivity index (χ1v) is 4.90. The molecule has 1 aliphatic rings. The monoisotopic (exact) mass is 219 g/mol. The normalized spacial score (nSPS) is 17.0. The number of aldehydes is 1. The molecule has 0 bridgehead atoms. The highest BCUT2D eigenvalue weighted by atomic mass is 16.7. The van der Waals surface area contributed by atoms with Crippen LogP contribution in [0.5, 0.6) is 0 Å². The van der Waals surface area contributed by atoms with Crippen LogP contribution in [0.25, 0.3) is 5.57 Å². The molecule has 1 aliphatic heterocycles. The van der Waals surface area contributed by atoms with E-state index >= 15 is 0 Å². The van der Waals surface area contributed by atoms with Gasteiger partial charge in [-0.15, -0.1) is 0 Å². The molecule has 0 radical (unpaired) electrons. The van der Waals surface area contributed by atoms with Crippen LogP contribution < -0.4 is 5.32 Å². The molecule has 4 heteroatoms. The molecule has 1 aromatic rings. The summed E-state index contributed by atoms with van der Waals surface area (Å²) in [6, 6.07) is 7.51. The standard InChI is InChI=1S/C12H13NO3/c1-15-12(16-2)7-9(8-14)10-5-3-4-6-11(10)13-12/h3-8,13H,1-2H3. The Morgan fingerprint density at radius 2 is 1.94 bits per heavy atom. The molecule has 0 spiro atoms. The number of allylic oxidation sites excluding steroid dienone is 1. The highest BCUT2D eigenvalue weighted by Gasteiger charge is 2.32. The van der Waals surface area contributed by atoms with Gasteiger partial charge in [-0.05, 0) is 6.07 Å². The number of carbonyl (C=O) groups excluding carboxylic acids is 1. The predicted molar refractivity (Wildman–Crippen MR) is 60.9 cm³/mol. The van der Waals surface area contributed by atoms with Gasteiger partial charge in [0.2, 0.25) is 0 Å². The number of benzene rings is 1. The van der Waals surface area contributed by atoms with Crippen molar-refractivity contribution in [2.24, 2.45) is 0 Å². The van der Waals surface area contributed by atoms with Gasteiger partial charge in [0.05, 0.1) is 0 Å². The molecular formula is C12H13NO3. The maximum atomic E-state index is 11.0. The fourth-order valence-electron chi connectivity index (χ4n) is 1.75. The summed E-state index contributed by atoms with van der Waals surface area (Å²) in [6.45, 7) is 0. The predicted octanol–water partition coefficient (Wildman–Crippen LogP) is 1.64. The van der Waals surface area contributed by atoms with Crippen LogP contribution in [0.3, 0.4) is 0 Å². The Hall–Kier alpha value is -1.65. The van der Waals surface area contributed by atoms with Crippen molar-refractivity contribution in [1.29, 1.82) is 0 Å². The second kappa shape index (κ2) is 4.08. The van der Waals surface area contributed by atoms with E-state index in [1.807, 2.05) is 24.3 Å². The number of fused-ring (bicyclic) bond motifs is 1. The van der Waals surface area contributed by atoms with E-state index in [0.29, 0.717) is 5.57 Å². The Bertz CT molecular complexity index is 436. The number of hydrogen-bond donors (Lipinski definition) is 1. The smallest absolute Gasteiger partial charge is 0.271 e. The molecule has 1 aromatic carbocycles. The number of anilines is 1. The van der Waals surface area contributed by atoms with Gasteiger partial charge in [0, 0.05) is 37.1 Å². The molecule has 0 aromatic heterocycles. The Kier molecular flexibility index (Phi) is 2.77. The first kappa shape index (κ1) is 10.9. The minimum Gasteiger partial charge on any atom is -0.333 e. The van der Waals surface area contributed by atoms with E-state index in [1.54, 1.807) is 6.08 Å². The van der Waals surface area contributed by atoms with Gasteiger partial charge in [-0.3, -0.25) is 4.79 Å². The summed E-state index contributed by atoms with van der Waals surface area (Å²) in [5, 5.41) is 3.09. The molecule has 1 N–H and O–H groups in total. The summed E-state index contributed by atoms with van der Waals surface area (Å²) in [4.78, 5) is 11.0. The average Bonchev–Trinajstić information content (AvgIpc) is 2.37. The molecule has 0 unspecified atom stereocenters. The number of hydrogen-bond acceptors (Lipinski definition) is 4. The second-order valence-corrected chi connectivity index (χ2v) is 3.46. The number of para-hydroxylation sites is 1. The van der Waals surface area contributed by atoms with E-state index in [4.69, 9.17) is 9.47 Å². The van der Waals surface area contributed by atoms with Crippen molar-refractivity contribution in [3.05, 3.63) is 35.9 Å². The lowest BCUT2D eigenvalue weighted by atomic mass is 10.00. The Labute approximate surface area is 93.9 Å². The second-order valence-electron chi connectivity index (χ2n) is 3.46. The zero-order valence-electron chi connectivity index (χ0n) is 9.19. The first-order chi connectivity index (χ1) is 7.74. The van der Waals surface area contributed by atoms with Crippen LogP contribution in [-0.2, 0) is 14.3 Å². The van der Waals surface area contributed by atoms with E-state index < -0.39 is 5.91 Å². The quantitative estimate of drug-likeness (QED) is 0.620. The molecule has 0 saturated carbocycles. The lowest BCUT2D eigenvalue weighted by Crippen LogP contribution is -2.42. The zero-order valence-corrected chi connectivity index (χ0v) is 9.19. The summed E-state index contributed by atoms with van der Waals surface area (Å²) in [5.74, 6) is -1.06. The lowest BCUT2D eigenvalue weighted by Gasteiger charge is -2.34. The van der Waals surface area contributed by atoms with E-state index in [1.165, 1.54) is 14.2 Å². The third-order valence-electron chi connectivity index (χ3n) is 2.63. The number of carbonyl (C=O) groups is 1. The first-order valence-electron chi connectivity index (χ1n) is 4.90. The van der Waals surface area contributed by atoms with E-state index in [2.05, 4.69) is 5.32 Å². The number of nitrogens with one attached hydrogen (secondary N) is 1. The zero-order chi connectivity index (χ0) is 11.6. The fourth-order valence-corrected chi connectivity index (χ4v) is 1.75. The molecule has 1 heterocycles. The molecule has 0 fully saturated rings. The SMILES string of the molecule is COC1(OC)C=C(C=O)c2ccccc2N1. The summed E-state index contributed by atoms with van der Waals surface area (Å²) in [5.41, 5.74) is 2.22. The number of methoxy groups -OCH3 is 2. The van der Waals surface area contributed by atoms with Crippen LogP contribution in [0, 0.1) is 0 Å². The van der Waals surface area contributed by atoms with Crippen LogP contribution in [-0.4, -0.2) is 26.4 Å². The van der Waals surface area contributed by atoms with Gasteiger partial charge < -0.3 is 14.8 Å². The van der Waals surface area contributed by atoms with Crippen LogP contribution in [0.15, 0.2) is 30.3 Å². The Balaban J connectivity index is 2.54. The third-order valence-corrected chi connectivity index (χ3v) is 2.63. The topological polar surface area (TPSA) is 47.6 Å². The van der Waals surface area contributed by atoms with Crippen LogP contribution >= 0.6 is 0 Å². The molecule has 16 heavy (non-hydrogen) atoms. The average molecular weight is 219 g/mol. The number of ether oxygens (including phenoxy) is 2. The van der Waals surface area contributed by atoms with Gasteiger partial charge in [0.15, 0.2) is 6.29 Å². The molecule has 84 valence electrons. The Morgan fingerprint density at radius 1 is 1.25 bits per heavy atom. The third kappa shape index (κ3) is 1.62. The molecule has 0 saturated heterocycles. The van der Waals surface area contributed by atoms with Crippen molar-refractivity contribution in [3.63, 3.8) is 0 Å². The van der Waals surface area contributed by atoms with Gasteiger partial charge in [0.1, 0.15) is 0 Å². The fraction of sp³-hybridized carbons (Fsp3) is 0.250. The van der Waals surface area contributed by atoms with Crippen LogP contribution in [0.2, 0.25) is 0 Å². The largest absolute Gasteiger partial charge is 0.333 e. The van der Waals surface area contributed by atoms with Crippen LogP contribution in [0.4, 0.5) is 5.69 Å². The van der Waals surface area contributed by atoms with Gasteiger partial charge in [0.25, 0.3) is 5.91 Å². The van der Waals surface area contributed by atoms with Crippen molar-refractivity contribution >= 4 is 17.5 Å². The lowest BCUT2D eigenvalue weighted by molar-refractivity contribution is -0.148. The van der Waals surface area contributed by atoms with E-state index in [9.17, 15) is 4.79 Å². The highest BCUT2D eigenvalue weighted by molar-refractivity contribution is 6.10. The number of rotatable bonds is 3. The summed E-state index contributed by atoms with van der Waals surface area (Å²) < 4.78 is 10.5.